The normalized spacial score (nSPS) is 30.4. The number of carbonyl (C=O) groups excluding carboxylic acids is 3. The molecule has 1 aromatic carbocycles. The van der Waals surface area contributed by atoms with E-state index in [1.807, 2.05) is 18.2 Å². The summed E-state index contributed by atoms with van der Waals surface area (Å²) in [4.78, 5) is 41.1. The number of nitrogens with zero attached hydrogens (tertiary/aromatic N) is 2. The fourth-order valence-corrected chi connectivity index (χ4v) is 5.23. The van der Waals surface area contributed by atoms with Crippen LogP contribution in [-0.2, 0) is 22.7 Å². The van der Waals surface area contributed by atoms with Crippen molar-refractivity contribution >= 4 is 17.7 Å². The lowest BCUT2D eigenvalue weighted by Crippen LogP contribution is -2.52. The molecule has 0 spiro atoms. The van der Waals surface area contributed by atoms with Gasteiger partial charge in [-0.2, -0.15) is 0 Å². The summed E-state index contributed by atoms with van der Waals surface area (Å²) in [5, 5.41) is 6.00. The molecule has 6 rings (SSSR count). The number of rotatable bonds is 3. The second-order valence-corrected chi connectivity index (χ2v) is 8.59. The Morgan fingerprint density at radius 3 is 2.75 bits per heavy atom. The first kappa shape index (κ1) is 17.8. The second-order valence-electron chi connectivity index (χ2n) is 8.59. The SMILES string of the molecule is O=C1CCC(N2Cc3cccc(CN4CC5CCC(C4)NC5)c3C2=O)C(=O)N1. The van der Waals surface area contributed by atoms with E-state index in [0.29, 0.717) is 24.9 Å². The van der Waals surface area contributed by atoms with Gasteiger partial charge in [0.25, 0.3) is 5.91 Å². The van der Waals surface area contributed by atoms with Gasteiger partial charge in [-0.1, -0.05) is 18.2 Å². The maximum Gasteiger partial charge on any atom is 0.255 e. The van der Waals surface area contributed by atoms with Crippen LogP contribution in [-0.4, -0.2) is 59.2 Å². The highest BCUT2D eigenvalue weighted by molar-refractivity contribution is 6.05. The number of piperidine rings is 2. The van der Waals surface area contributed by atoms with Crippen LogP contribution in [0.2, 0.25) is 0 Å². The summed E-state index contributed by atoms with van der Waals surface area (Å²) in [6, 6.07) is 6.04. The Labute approximate surface area is 164 Å². The molecule has 3 unspecified atom stereocenters. The number of imide groups is 1. The molecule has 0 saturated carbocycles. The van der Waals surface area contributed by atoms with Crippen LogP contribution in [0.4, 0.5) is 0 Å². The van der Waals surface area contributed by atoms with E-state index < -0.39 is 6.04 Å². The summed E-state index contributed by atoms with van der Waals surface area (Å²) in [5.41, 5.74) is 2.80. The van der Waals surface area contributed by atoms with Crippen molar-refractivity contribution in [2.24, 2.45) is 5.92 Å². The van der Waals surface area contributed by atoms with Crippen molar-refractivity contribution in [2.45, 2.75) is 50.9 Å². The molecule has 148 valence electrons. The zero-order valence-electron chi connectivity index (χ0n) is 15.9. The first-order valence-corrected chi connectivity index (χ1v) is 10.3. The van der Waals surface area contributed by atoms with Gasteiger partial charge >= 0.3 is 0 Å². The number of amides is 3. The third-order valence-electron chi connectivity index (χ3n) is 6.65. The molecular formula is C21H26N4O3. The minimum absolute atomic E-state index is 0.0731. The molecule has 2 bridgehead atoms. The van der Waals surface area contributed by atoms with Gasteiger partial charge in [0.05, 0.1) is 0 Å². The monoisotopic (exact) mass is 382 g/mol. The maximum absolute atomic E-state index is 13.2. The lowest BCUT2D eigenvalue weighted by atomic mass is 9.97. The summed E-state index contributed by atoms with van der Waals surface area (Å²) < 4.78 is 0. The van der Waals surface area contributed by atoms with Crippen LogP contribution in [0.1, 0.15) is 47.2 Å². The van der Waals surface area contributed by atoms with Crippen molar-refractivity contribution in [3.05, 3.63) is 34.9 Å². The predicted octanol–water partition coefficient (Wildman–Crippen LogP) is 0.631. The van der Waals surface area contributed by atoms with Crippen molar-refractivity contribution in [3.63, 3.8) is 0 Å². The van der Waals surface area contributed by atoms with Crippen LogP contribution < -0.4 is 10.6 Å². The first-order chi connectivity index (χ1) is 13.6. The molecule has 0 aromatic heterocycles. The molecule has 3 atom stereocenters. The number of nitrogens with one attached hydrogen (secondary N) is 2. The lowest BCUT2D eigenvalue weighted by molar-refractivity contribution is -0.136. The molecule has 5 aliphatic heterocycles. The Morgan fingerprint density at radius 2 is 1.96 bits per heavy atom. The third-order valence-corrected chi connectivity index (χ3v) is 6.65. The predicted molar refractivity (Wildman–Crippen MR) is 102 cm³/mol. The fourth-order valence-electron chi connectivity index (χ4n) is 5.23. The van der Waals surface area contributed by atoms with E-state index in [1.54, 1.807) is 4.90 Å². The molecule has 7 nitrogen and oxygen atoms in total. The molecule has 5 aliphatic rings. The van der Waals surface area contributed by atoms with Gasteiger partial charge in [0.15, 0.2) is 0 Å². The standard InChI is InChI=1S/C21H26N4O3/c26-18-7-6-17(20(27)23-18)25-11-15-3-1-2-14(19(15)21(25)28)10-24-9-13-4-5-16(12-24)22-8-13/h1-3,13,16-17,22H,4-12H2,(H,23,26,27). The van der Waals surface area contributed by atoms with Crippen molar-refractivity contribution in [2.75, 3.05) is 19.6 Å². The van der Waals surface area contributed by atoms with Gasteiger partial charge in [-0.15, -0.1) is 0 Å². The molecule has 1 aromatic rings. The first-order valence-electron chi connectivity index (χ1n) is 10.3. The largest absolute Gasteiger partial charge is 0.322 e. The highest BCUT2D eigenvalue weighted by Crippen LogP contribution is 2.31. The van der Waals surface area contributed by atoms with Gasteiger partial charge in [-0.25, -0.2) is 0 Å². The van der Waals surface area contributed by atoms with Gasteiger partial charge in [0.2, 0.25) is 11.8 Å². The molecule has 0 aliphatic carbocycles. The Bertz CT molecular complexity index is 817. The fraction of sp³-hybridized carbons (Fsp3) is 0.571. The summed E-state index contributed by atoms with van der Waals surface area (Å²) in [5.74, 6) is 0.00632. The molecule has 5 heterocycles. The van der Waals surface area contributed by atoms with Crippen LogP contribution in [0.15, 0.2) is 18.2 Å². The lowest BCUT2D eigenvalue weighted by Gasteiger charge is -2.29. The Kier molecular flexibility index (Phi) is 4.44. The van der Waals surface area contributed by atoms with Crippen LogP contribution in [0.25, 0.3) is 0 Å². The van der Waals surface area contributed by atoms with Crippen molar-refractivity contribution in [3.8, 4) is 0 Å². The zero-order valence-corrected chi connectivity index (χ0v) is 15.9. The number of fused-ring (bicyclic) bond motifs is 5. The van der Waals surface area contributed by atoms with Crippen LogP contribution in [0.5, 0.6) is 0 Å². The number of carbonyl (C=O) groups is 3. The average molecular weight is 382 g/mol. The minimum Gasteiger partial charge on any atom is -0.322 e. The zero-order chi connectivity index (χ0) is 19.3. The van der Waals surface area contributed by atoms with Crippen LogP contribution >= 0.6 is 0 Å². The number of hydrogen-bond acceptors (Lipinski definition) is 5. The van der Waals surface area contributed by atoms with E-state index >= 15 is 0 Å². The van der Waals surface area contributed by atoms with Crippen LogP contribution in [0, 0.1) is 5.92 Å². The van der Waals surface area contributed by atoms with Gasteiger partial charge in [-0.3, -0.25) is 24.6 Å². The molecule has 4 saturated heterocycles. The van der Waals surface area contributed by atoms with E-state index in [1.165, 1.54) is 12.8 Å². The summed E-state index contributed by atoms with van der Waals surface area (Å²) in [6.07, 6.45) is 3.20. The highest BCUT2D eigenvalue weighted by atomic mass is 16.2. The van der Waals surface area contributed by atoms with Gasteiger partial charge in [0.1, 0.15) is 6.04 Å². The van der Waals surface area contributed by atoms with Crippen LogP contribution in [0.3, 0.4) is 0 Å². The average Bonchev–Trinajstić information content (AvgIpc) is 2.81. The van der Waals surface area contributed by atoms with Crippen molar-refractivity contribution in [1.29, 1.82) is 0 Å². The quantitative estimate of drug-likeness (QED) is 0.750. The van der Waals surface area contributed by atoms with E-state index in [4.69, 9.17) is 0 Å². The summed E-state index contributed by atoms with van der Waals surface area (Å²) in [6.45, 7) is 4.40. The maximum atomic E-state index is 13.2. The second kappa shape index (κ2) is 6.97. The molecule has 2 N–H and O–H groups in total. The minimum atomic E-state index is -0.552. The van der Waals surface area contributed by atoms with Gasteiger partial charge < -0.3 is 10.2 Å². The van der Waals surface area contributed by atoms with Gasteiger partial charge in [-0.05, 0) is 42.9 Å². The van der Waals surface area contributed by atoms with Crippen molar-refractivity contribution in [1.82, 2.24) is 20.4 Å². The molecule has 4 fully saturated rings. The van der Waals surface area contributed by atoms with E-state index in [0.717, 1.165) is 42.9 Å². The number of benzene rings is 1. The number of hydrogen-bond donors (Lipinski definition) is 2. The Hall–Kier alpha value is -2.25. The summed E-state index contributed by atoms with van der Waals surface area (Å²) >= 11 is 0. The topological polar surface area (TPSA) is 81.8 Å². The third kappa shape index (κ3) is 3.12. The molecule has 7 heteroatoms. The molecule has 0 radical (unpaired) electrons. The van der Waals surface area contributed by atoms with E-state index in [2.05, 4.69) is 15.5 Å². The molecular weight excluding hydrogens is 356 g/mol. The van der Waals surface area contributed by atoms with E-state index in [-0.39, 0.29) is 24.1 Å². The highest BCUT2D eigenvalue weighted by Gasteiger charge is 2.40. The Balaban J connectivity index is 1.37. The summed E-state index contributed by atoms with van der Waals surface area (Å²) in [7, 11) is 0. The molecule has 3 amide bonds. The smallest absolute Gasteiger partial charge is 0.255 e. The molecule has 28 heavy (non-hydrogen) atoms. The van der Waals surface area contributed by atoms with Gasteiger partial charge in [0, 0.05) is 44.2 Å². The van der Waals surface area contributed by atoms with Crippen molar-refractivity contribution < 1.29 is 14.4 Å². The van der Waals surface area contributed by atoms with E-state index in [9.17, 15) is 14.4 Å². The Morgan fingerprint density at radius 1 is 1.07 bits per heavy atom.